The number of hydrogen-bond acceptors (Lipinski definition) is 5. The summed E-state index contributed by atoms with van der Waals surface area (Å²) in [6, 6.07) is 3.04. The van der Waals surface area contributed by atoms with Crippen molar-refractivity contribution < 1.29 is 9.72 Å². The molecule has 1 amide bonds. The molecule has 2 heterocycles. The van der Waals surface area contributed by atoms with E-state index in [1.165, 1.54) is 12.3 Å². The molecule has 0 aromatic carbocycles. The third-order valence-corrected chi connectivity index (χ3v) is 3.03. The van der Waals surface area contributed by atoms with Crippen molar-refractivity contribution in [2.45, 2.75) is 0 Å². The number of pyridine rings is 1. The van der Waals surface area contributed by atoms with Crippen molar-refractivity contribution >= 4 is 45.1 Å². The highest BCUT2D eigenvalue weighted by Gasteiger charge is 2.24. The number of amides is 1. The van der Waals surface area contributed by atoms with Crippen LogP contribution in [0.1, 0.15) is 10.5 Å². The maximum Gasteiger partial charge on any atom is 0.357 e. The maximum atomic E-state index is 11.8. The molecule has 0 fully saturated rings. The molecule has 0 saturated heterocycles. The second kappa shape index (κ2) is 5.33. The van der Waals surface area contributed by atoms with Crippen LogP contribution in [0.5, 0.6) is 0 Å². The Morgan fingerprint density at radius 2 is 2.26 bits per heavy atom. The molecule has 0 aliphatic rings. The highest BCUT2D eigenvalue weighted by molar-refractivity contribution is 9.10. The van der Waals surface area contributed by atoms with Crippen molar-refractivity contribution in [2.24, 2.45) is 0 Å². The van der Waals surface area contributed by atoms with Crippen LogP contribution in [-0.2, 0) is 0 Å². The van der Waals surface area contributed by atoms with Gasteiger partial charge < -0.3 is 15.4 Å². The molecule has 8 nitrogen and oxygen atoms in total. The van der Waals surface area contributed by atoms with E-state index in [4.69, 9.17) is 11.6 Å². The summed E-state index contributed by atoms with van der Waals surface area (Å²) in [7, 11) is 0. The summed E-state index contributed by atoms with van der Waals surface area (Å²) in [5, 5.41) is 19.2. The van der Waals surface area contributed by atoms with Gasteiger partial charge in [0.05, 0.1) is 5.02 Å². The van der Waals surface area contributed by atoms with Gasteiger partial charge in [-0.15, -0.1) is 5.10 Å². The highest BCUT2D eigenvalue weighted by atomic mass is 79.9. The van der Waals surface area contributed by atoms with Crippen LogP contribution in [-0.4, -0.2) is 26.0 Å². The van der Waals surface area contributed by atoms with E-state index in [1.807, 2.05) is 0 Å². The van der Waals surface area contributed by atoms with Crippen LogP contribution in [0.2, 0.25) is 5.02 Å². The predicted molar refractivity (Wildman–Crippen MR) is 70.1 cm³/mol. The van der Waals surface area contributed by atoms with E-state index in [2.05, 4.69) is 36.4 Å². The molecule has 0 aliphatic carbocycles. The van der Waals surface area contributed by atoms with E-state index in [-0.39, 0.29) is 16.0 Å². The van der Waals surface area contributed by atoms with E-state index in [1.54, 1.807) is 6.07 Å². The molecule has 10 heteroatoms. The minimum absolute atomic E-state index is 0.0241. The number of carbonyl (C=O) groups excluding carboxylic acids is 1. The number of anilines is 1. The summed E-state index contributed by atoms with van der Waals surface area (Å²) in [5.41, 5.74) is -0.136. The lowest BCUT2D eigenvalue weighted by atomic mass is 10.4. The molecule has 0 saturated carbocycles. The molecule has 2 rings (SSSR count). The van der Waals surface area contributed by atoms with E-state index in [0.29, 0.717) is 5.02 Å². The van der Waals surface area contributed by atoms with Gasteiger partial charge >= 0.3 is 5.82 Å². The lowest BCUT2D eigenvalue weighted by Gasteiger charge is -2.01. The molecule has 0 unspecified atom stereocenters. The number of nitro groups is 1. The number of nitrogens with one attached hydrogen (secondary N) is 2. The van der Waals surface area contributed by atoms with Gasteiger partial charge in [0.2, 0.25) is 0 Å². The number of halogens is 2. The van der Waals surface area contributed by atoms with Gasteiger partial charge in [-0.1, -0.05) is 16.7 Å². The quantitative estimate of drug-likeness (QED) is 0.654. The second-order valence-electron chi connectivity index (χ2n) is 3.31. The minimum atomic E-state index is -0.686. The fraction of sp³-hybridized carbons (Fsp3) is 0. The Morgan fingerprint density at radius 1 is 1.53 bits per heavy atom. The monoisotopic (exact) mass is 345 g/mol. The smallest absolute Gasteiger partial charge is 0.357 e. The fourth-order valence-electron chi connectivity index (χ4n) is 1.22. The Labute approximate surface area is 119 Å². The lowest BCUT2D eigenvalue weighted by molar-refractivity contribution is -0.390. The Hall–Kier alpha value is -2.00. The third-order valence-electron chi connectivity index (χ3n) is 2.06. The summed E-state index contributed by atoms with van der Waals surface area (Å²) in [6.45, 7) is 0. The van der Waals surface area contributed by atoms with Gasteiger partial charge in [-0.25, -0.2) is 4.98 Å². The molecule has 0 radical (unpaired) electrons. The van der Waals surface area contributed by atoms with Crippen LogP contribution in [0.25, 0.3) is 0 Å². The normalized spacial score (nSPS) is 10.2. The molecule has 2 aromatic rings. The Morgan fingerprint density at radius 3 is 2.79 bits per heavy atom. The van der Waals surface area contributed by atoms with Crippen LogP contribution in [0.3, 0.4) is 0 Å². The van der Waals surface area contributed by atoms with Crippen molar-refractivity contribution in [1.82, 2.24) is 15.2 Å². The van der Waals surface area contributed by atoms with E-state index in [0.717, 1.165) is 0 Å². The first-order valence-electron chi connectivity index (χ1n) is 4.80. The maximum absolute atomic E-state index is 11.8. The average Bonchev–Trinajstić information content (AvgIpc) is 2.74. The highest BCUT2D eigenvalue weighted by Crippen LogP contribution is 2.25. The summed E-state index contributed by atoms with van der Waals surface area (Å²) in [5.74, 6) is -0.771. The second-order valence-corrected chi connectivity index (χ2v) is 4.54. The van der Waals surface area contributed by atoms with Gasteiger partial charge in [-0.3, -0.25) is 4.79 Å². The van der Waals surface area contributed by atoms with E-state index < -0.39 is 16.6 Å². The van der Waals surface area contributed by atoms with E-state index >= 15 is 0 Å². The predicted octanol–water partition coefficient (Wildman–Crippen LogP) is 2.38. The first-order chi connectivity index (χ1) is 8.99. The standard InChI is InChI=1S/C9H5BrClN5O3/c10-6-7(14-15-8(6)16(18)19)9(17)13-5-2-1-4(11)3-12-5/h1-3H,(H,14,15)(H,12,13,17). The van der Waals surface area contributed by atoms with Gasteiger partial charge in [-0.2, -0.15) is 0 Å². The number of aromatic amines is 1. The van der Waals surface area contributed by atoms with Crippen LogP contribution in [0.4, 0.5) is 11.6 Å². The van der Waals surface area contributed by atoms with Crippen molar-refractivity contribution in [3.05, 3.63) is 43.6 Å². The lowest BCUT2D eigenvalue weighted by Crippen LogP contribution is -2.13. The van der Waals surface area contributed by atoms with Gasteiger partial charge in [0, 0.05) is 6.20 Å². The summed E-state index contributed by atoms with van der Waals surface area (Å²) in [6.07, 6.45) is 1.36. The van der Waals surface area contributed by atoms with Gasteiger partial charge in [0.1, 0.15) is 10.3 Å². The number of nitrogens with zero attached hydrogens (tertiary/aromatic N) is 3. The average molecular weight is 347 g/mol. The Kier molecular flexibility index (Phi) is 3.76. The molecule has 2 aromatic heterocycles. The van der Waals surface area contributed by atoms with Gasteiger partial charge in [0.25, 0.3) is 5.91 Å². The zero-order chi connectivity index (χ0) is 14.0. The summed E-state index contributed by atoms with van der Waals surface area (Å²) in [4.78, 5) is 25.6. The molecule has 19 heavy (non-hydrogen) atoms. The molecule has 0 aliphatic heterocycles. The zero-order valence-electron chi connectivity index (χ0n) is 9.05. The molecular weight excluding hydrogens is 341 g/mol. The van der Waals surface area contributed by atoms with Crippen molar-refractivity contribution in [3.63, 3.8) is 0 Å². The van der Waals surface area contributed by atoms with Crippen molar-refractivity contribution in [1.29, 1.82) is 0 Å². The van der Waals surface area contributed by atoms with Crippen LogP contribution >= 0.6 is 27.5 Å². The fourth-order valence-corrected chi connectivity index (χ4v) is 1.83. The molecule has 98 valence electrons. The Balaban J connectivity index is 2.21. The molecule has 0 bridgehead atoms. The van der Waals surface area contributed by atoms with Crippen LogP contribution in [0, 0.1) is 10.1 Å². The van der Waals surface area contributed by atoms with Gasteiger partial charge in [-0.05, 0) is 33.0 Å². The van der Waals surface area contributed by atoms with Crippen LogP contribution < -0.4 is 5.32 Å². The van der Waals surface area contributed by atoms with Crippen LogP contribution in [0.15, 0.2) is 22.8 Å². The summed E-state index contributed by atoms with van der Waals surface area (Å²) < 4.78 is -0.0241. The zero-order valence-corrected chi connectivity index (χ0v) is 11.4. The number of rotatable bonds is 3. The topological polar surface area (TPSA) is 114 Å². The minimum Gasteiger partial charge on any atom is -0.358 e. The number of carbonyl (C=O) groups is 1. The SMILES string of the molecule is O=C(Nc1ccc(Cl)cn1)c1n[nH]c([N+](=O)[O-])c1Br. The van der Waals surface area contributed by atoms with Gasteiger partial charge in [0.15, 0.2) is 5.69 Å². The van der Waals surface area contributed by atoms with Crippen molar-refractivity contribution in [2.75, 3.05) is 5.32 Å². The summed E-state index contributed by atoms with van der Waals surface area (Å²) >= 11 is 8.59. The molecule has 0 spiro atoms. The third kappa shape index (κ3) is 2.88. The largest absolute Gasteiger partial charge is 0.358 e. The number of hydrogen-bond donors (Lipinski definition) is 2. The number of aromatic nitrogens is 3. The molecular formula is C9H5BrClN5O3. The first kappa shape index (κ1) is 13.4. The molecule has 0 atom stereocenters. The molecule has 2 N–H and O–H groups in total. The van der Waals surface area contributed by atoms with E-state index in [9.17, 15) is 14.9 Å². The first-order valence-corrected chi connectivity index (χ1v) is 5.97. The van der Waals surface area contributed by atoms with Crippen molar-refractivity contribution in [3.8, 4) is 0 Å². The Bertz CT molecular complexity index is 642. The number of H-pyrrole nitrogens is 1.